The van der Waals surface area contributed by atoms with Gasteiger partial charge in [0, 0.05) is 9.35 Å². The largest absolute Gasteiger partial charge is 0.318 e. The number of fused-ring (bicyclic) bond motifs is 1. The van der Waals surface area contributed by atoms with Crippen LogP contribution >= 0.6 is 38.9 Å². The summed E-state index contributed by atoms with van der Waals surface area (Å²) in [7, 11) is 0. The lowest BCUT2D eigenvalue weighted by atomic mass is 10.0. The lowest BCUT2D eigenvalue weighted by Crippen LogP contribution is -2.11. The summed E-state index contributed by atoms with van der Waals surface area (Å²) in [5, 5.41) is 1.72. The summed E-state index contributed by atoms with van der Waals surface area (Å²) in [6, 6.07) is 5.66. The van der Waals surface area contributed by atoms with Crippen LogP contribution in [0, 0.1) is 0 Å². The highest BCUT2D eigenvalue weighted by molar-refractivity contribution is 9.10. The third-order valence-corrected chi connectivity index (χ3v) is 5.89. The van der Waals surface area contributed by atoms with Crippen molar-refractivity contribution in [1.82, 2.24) is 4.98 Å². The summed E-state index contributed by atoms with van der Waals surface area (Å²) in [6.45, 7) is 0. The molecule has 1 aromatic carbocycles. The van der Waals surface area contributed by atoms with Crippen molar-refractivity contribution in [3.63, 3.8) is 0 Å². The first-order valence-corrected chi connectivity index (χ1v) is 8.33. The highest BCUT2D eigenvalue weighted by Crippen LogP contribution is 2.33. The second-order valence-corrected chi connectivity index (χ2v) is 7.16. The van der Waals surface area contributed by atoms with Crippen molar-refractivity contribution in [2.75, 3.05) is 0 Å². The predicted molar refractivity (Wildman–Crippen MR) is 83.9 cm³/mol. The maximum atomic E-state index is 6.33. The SMILES string of the molecule is NC(c1ccc(Cl)c(Br)c1)c1nc2c(s1)CCCC2. The van der Waals surface area contributed by atoms with Crippen molar-refractivity contribution >= 4 is 38.9 Å². The Bertz CT molecular complexity index is 588. The van der Waals surface area contributed by atoms with Gasteiger partial charge in [0.25, 0.3) is 0 Å². The Balaban J connectivity index is 1.92. The molecule has 1 atom stereocenters. The molecule has 2 aromatic rings. The number of hydrogen-bond acceptors (Lipinski definition) is 3. The average molecular weight is 358 g/mol. The number of aromatic nitrogens is 1. The molecular weight excluding hydrogens is 344 g/mol. The van der Waals surface area contributed by atoms with Gasteiger partial charge in [-0.2, -0.15) is 0 Å². The molecule has 0 amide bonds. The van der Waals surface area contributed by atoms with Crippen LogP contribution in [-0.4, -0.2) is 4.98 Å². The lowest BCUT2D eigenvalue weighted by Gasteiger charge is -2.09. The molecule has 0 saturated heterocycles. The normalized spacial score (nSPS) is 16.2. The van der Waals surface area contributed by atoms with Gasteiger partial charge in [0.15, 0.2) is 0 Å². The van der Waals surface area contributed by atoms with Crippen LogP contribution in [0.3, 0.4) is 0 Å². The second kappa shape index (κ2) is 5.52. The highest BCUT2D eigenvalue weighted by Gasteiger charge is 2.20. The van der Waals surface area contributed by atoms with Crippen molar-refractivity contribution < 1.29 is 0 Å². The monoisotopic (exact) mass is 356 g/mol. The first-order chi connectivity index (χ1) is 9.15. The van der Waals surface area contributed by atoms with Crippen molar-refractivity contribution in [2.24, 2.45) is 5.73 Å². The molecule has 19 heavy (non-hydrogen) atoms. The summed E-state index contributed by atoms with van der Waals surface area (Å²) in [5.74, 6) is 0. The molecule has 0 spiro atoms. The number of thiazole rings is 1. The average Bonchev–Trinajstić information content (AvgIpc) is 2.85. The van der Waals surface area contributed by atoms with Gasteiger partial charge in [-0.1, -0.05) is 17.7 Å². The van der Waals surface area contributed by atoms with E-state index in [0.29, 0.717) is 5.02 Å². The van der Waals surface area contributed by atoms with Gasteiger partial charge in [0.05, 0.1) is 16.8 Å². The van der Waals surface area contributed by atoms with Gasteiger partial charge < -0.3 is 5.73 Å². The Kier molecular flexibility index (Phi) is 3.94. The fraction of sp³-hybridized carbons (Fsp3) is 0.357. The van der Waals surface area contributed by atoms with E-state index in [4.69, 9.17) is 22.3 Å². The Labute approximate surface area is 130 Å². The van der Waals surface area contributed by atoms with E-state index in [9.17, 15) is 0 Å². The number of benzene rings is 1. The summed E-state index contributed by atoms with van der Waals surface area (Å²) >= 11 is 11.2. The van der Waals surface area contributed by atoms with E-state index in [2.05, 4.69) is 15.9 Å². The molecule has 100 valence electrons. The Morgan fingerprint density at radius 2 is 2.11 bits per heavy atom. The summed E-state index contributed by atoms with van der Waals surface area (Å²) in [4.78, 5) is 6.15. The molecule has 1 aliphatic carbocycles. The number of aryl methyl sites for hydroxylation is 2. The number of hydrogen-bond donors (Lipinski definition) is 1. The first-order valence-electron chi connectivity index (χ1n) is 6.34. The molecule has 5 heteroatoms. The minimum Gasteiger partial charge on any atom is -0.318 e. The third kappa shape index (κ3) is 2.72. The van der Waals surface area contributed by atoms with Crippen molar-refractivity contribution in [1.29, 1.82) is 0 Å². The van der Waals surface area contributed by atoms with Crippen LogP contribution in [0.25, 0.3) is 0 Å². The van der Waals surface area contributed by atoms with Gasteiger partial charge in [0.1, 0.15) is 5.01 Å². The lowest BCUT2D eigenvalue weighted by molar-refractivity contribution is 0.678. The van der Waals surface area contributed by atoms with Gasteiger partial charge in [-0.25, -0.2) is 4.98 Å². The number of rotatable bonds is 2. The van der Waals surface area contributed by atoms with Crippen LogP contribution in [0.1, 0.15) is 40.0 Å². The van der Waals surface area contributed by atoms with Gasteiger partial charge in [0.2, 0.25) is 0 Å². The molecule has 0 saturated carbocycles. The van der Waals surface area contributed by atoms with E-state index in [1.807, 2.05) is 18.2 Å². The molecule has 1 aliphatic rings. The molecular formula is C14H14BrClN2S. The smallest absolute Gasteiger partial charge is 0.114 e. The standard InChI is InChI=1S/C14H14BrClN2S/c15-9-7-8(5-6-10(9)16)13(17)14-18-11-3-1-2-4-12(11)19-14/h5-7,13H,1-4,17H2. The van der Waals surface area contributed by atoms with E-state index in [0.717, 1.165) is 27.9 Å². The van der Waals surface area contributed by atoms with E-state index in [-0.39, 0.29) is 6.04 Å². The molecule has 0 bridgehead atoms. The van der Waals surface area contributed by atoms with Crippen LogP contribution in [0.4, 0.5) is 0 Å². The van der Waals surface area contributed by atoms with Crippen LogP contribution in [0.15, 0.2) is 22.7 Å². The fourth-order valence-corrected chi connectivity index (χ4v) is 4.05. The Morgan fingerprint density at radius 3 is 2.84 bits per heavy atom. The minimum atomic E-state index is -0.163. The molecule has 2 N–H and O–H groups in total. The maximum absolute atomic E-state index is 6.33. The Hall–Kier alpha value is -0.420. The predicted octanol–water partition coefficient (Wildman–Crippen LogP) is 4.49. The summed E-state index contributed by atoms with van der Waals surface area (Å²) < 4.78 is 0.878. The van der Waals surface area contributed by atoms with Crippen LogP contribution in [0.2, 0.25) is 5.02 Å². The maximum Gasteiger partial charge on any atom is 0.114 e. The molecule has 0 radical (unpaired) electrons. The molecule has 0 aliphatic heterocycles. The van der Waals surface area contributed by atoms with Gasteiger partial charge in [-0.3, -0.25) is 0 Å². The number of halogens is 2. The van der Waals surface area contributed by atoms with Crippen molar-refractivity contribution in [2.45, 2.75) is 31.7 Å². The van der Waals surface area contributed by atoms with Crippen LogP contribution in [0.5, 0.6) is 0 Å². The molecule has 1 unspecified atom stereocenters. The molecule has 2 nitrogen and oxygen atoms in total. The molecule has 1 heterocycles. The molecule has 1 aromatic heterocycles. The van der Waals surface area contributed by atoms with E-state index < -0.39 is 0 Å². The zero-order valence-electron chi connectivity index (χ0n) is 10.3. The van der Waals surface area contributed by atoms with Crippen molar-refractivity contribution in [3.8, 4) is 0 Å². The van der Waals surface area contributed by atoms with Crippen molar-refractivity contribution in [3.05, 3.63) is 48.8 Å². The topological polar surface area (TPSA) is 38.9 Å². The number of nitrogens with two attached hydrogens (primary N) is 1. The zero-order chi connectivity index (χ0) is 13.4. The molecule has 3 rings (SSSR count). The molecule has 0 fully saturated rings. The second-order valence-electron chi connectivity index (χ2n) is 4.78. The zero-order valence-corrected chi connectivity index (χ0v) is 13.5. The number of nitrogens with zero attached hydrogens (tertiary/aromatic N) is 1. The van der Waals surface area contributed by atoms with Crippen LogP contribution in [-0.2, 0) is 12.8 Å². The van der Waals surface area contributed by atoms with Crippen LogP contribution < -0.4 is 5.73 Å². The summed E-state index contributed by atoms with van der Waals surface area (Å²) in [5.41, 5.74) is 8.63. The van der Waals surface area contributed by atoms with E-state index in [1.54, 1.807) is 11.3 Å². The Morgan fingerprint density at radius 1 is 1.32 bits per heavy atom. The fourth-order valence-electron chi connectivity index (χ4n) is 2.35. The first kappa shape index (κ1) is 13.6. The third-order valence-electron chi connectivity index (χ3n) is 3.43. The quantitative estimate of drug-likeness (QED) is 0.860. The van der Waals surface area contributed by atoms with Gasteiger partial charge in [-0.15, -0.1) is 11.3 Å². The van der Waals surface area contributed by atoms with E-state index >= 15 is 0 Å². The van der Waals surface area contributed by atoms with Gasteiger partial charge >= 0.3 is 0 Å². The van der Waals surface area contributed by atoms with Gasteiger partial charge in [-0.05, 0) is 59.3 Å². The summed E-state index contributed by atoms with van der Waals surface area (Å²) in [6.07, 6.45) is 4.78. The highest BCUT2D eigenvalue weighted by atomic mass is 79.9. The van der Waals surface area contributed by atoms with E-state index in [1.165, 1.54) is 23.4 Å². The minimum absolute atomic E-state index is 0.163.